The van der Waals surface area contributed by atoms with Crippen LogP contribution in [0.15, 0.2) is 117 Å². The number of nitrogens with zero attached hydrogens (tertiary/aromatic N) is 1. The maximum absolute atomic E-state index is 13.5. The minimum absolute atomic E-state index is 0.0289. The average Bonchev–Trinajstić information content (AvgIpc) is 3.18. The first-order valence-electron chi connectivity index (χ1n) is 18.9. The lowest BCUT2D eigenvalue weighted by molar-refractivity contribution is -0.116. The molecule has 0 radical (unpaired) electrons. The van der Waals surface area contributed by atoms with E-state index in [4.69, 9.17) is 9.41 Å². The van der Waals surface area contributed by atoms with E-state index in [1.807, 2.05) is 32.9 Å². The van der Waals surface area contributed by atoms with Crippen LogP contribution in [0, 0.1) is 34.6 Å². The molecule has 0 spiro atoms. The van der Waals surface area contributed by atoms with E-state index in [0.29, 0.717) is 45.2 Å². The van der Waals surface area contributed by atoms with Crippen LogP contribution in [0.5, 0.6) is 0 Å². The van der Waals surface area contributed by atoms with Crippen molar-refractivity contribution in [2.45, 2.75) is 56.3 Å². The Labute approximate surface area is 357 Å². The Bertz CT molecular complexity index is 3100. The van der Waals surface area contributed by atoms with Gasteiger partial charge in [0, 0.05) is 58.7 Å². The lowest BCUT2D eigenvalue weighted by atomic mass is 9.93. The molecule has 0 aromatic heterocycles. The zero-order chi connectivity index (χ0) is 45.4. The number of halogens is 3. The summed E-state index contributed by atoms with van der Waals surface area (Å²) >= 11 is 0. The third-order valence-corrected chi connectivity index (χ3v) is 14.5. The maximum atomic E-state index is 13.5. The Morgan fingerprint density at radius 2 is 1.44 bits per heavy atom. The summed E-state index contributed by atoms with van der Waals surface area (Å²) in [6, 6.07) is 21.9. The molecule has 0 bridgehead atoms. The van der Waals surface area contributed by atoms with Gasteiger partial charge in [-0.25, -0.2) is 35.0 Å². The van der Waals surface area contributed by atoms with Crippen LogP contribution in [0.3, 0.4) is 0 Å². The number of nitrogens with one attached hydrogen (secondary N) is 4. The van der Waals surface area contributed by atoms with Crippen molar-refractivity contribution in [3.05, 3.63) is 131 Å². The van der Waals surface area contributed by atoms with Gasteiger partial charge in [-0.3, -0.25) is 4.79 Å². The molecule has 0 atom stereocenters. The van der Waals surface area contributed by atoms with Crippen molar-refractivity contribution in [1.82, 2.24) is 14.2 Å². The van der Waals surface area contributed by atoms with Crippen molar-refractivity contribution >= 4 is 64.0 Å². The first-order valence-corrected chi connectivity index (χ1v) is 23.3. The Kier molecular flexibility index (Phi) is 12.9. The standard InChI is InChI=1S/C43H42F3N5O8S3/c1-7-39(52)47-17-10-18-48-60(53,54)32-21-28(5)42(29(6)22-32)50-31-14-16-34-37(24-31)59-36-23-30(49-41-26(3)19-25(2)20-27(41)4)13-15-33(36)40(34)35-11-8-9-12-38(35)61(55,56)51-62(57,58)43(44,45)46/h7-9,11-16,19-24,48,50-51H,1,10,17-18H2,2-6H3,(H,47,52). The highest BCUT2D eigenvalue weighted by atomic mass is 32.3. The van der Waals surface area contributed by atoms with Gasteiger partial charge >= 0.3 is 15.5 Å². The highest BCUT2D eigenvalue weighted by Crippen LogP contribution is 2.43. The lowest BCUT2D eigenvalue weighted by Crippen LogP contribution is -2.40. The maximum Gasteiger partial charge on any atom is 0.512 e. The number of hydrogen-bond acceptors (Lipinski definition) is 10. The number of sulfonamides is 3. The van der Waals surface area contributed by atoms with E-state index in [0.717, 1.165) is 38.6 Å². The number of benzene rings is 5. The van der Waals surface area contributed by atoms with Gasteiger partial charge in [0.05, 0.1) is 20.8 Å². The van der Waals surface area contributed by atoms with Gasteiger partial charge in [0.1, 0.15) is 11.3 Å². The number of hydrogen-bond donors (Lipinski definition) is 4. The molecule has 1 amide bonds. The predicted octanol–water partition coefficient (Wildman–Crippen LogP) is 7.82. The fraction of sp³-hybridized carbons (Fsp3) is 0.209. The van der Waals surface area contributed by atoms with Crippen molar-refractivity contribution in [3.63, 3.8) is 0 Å². The number of carbonyl (C=O) groups is 1. The molecule has 6 rings (SSSR count). The summed E-state index contributed by atoms with van der Waals surface area (Å²) in [7, 11) is -15.6. The molecule has 13 nitrogen and oxygen atoms in total. The molecular weight excluding hydrogens is 868 g/mol. The summed E-state index contributed by atoms with van der Waals surface area (Å²) in [5.41, 5.74) is 0.566. The second-order valence-corrected chi connectivity index (χ2v) is 19.9. The monoisotopic (exact) mass is 909 g/mol. The average molecular weight is 910 g/mol. The number of amides is 1. The number of aryl methyl sites for hydroxylation is 5. The van der Waals surface area contributed by atoms with Crippen molar-refractivity contribution < 1.29 is 47.6 Å². The molecule has 0 saturated carbocycles. The molecule has 0 unspecified atom stereocenters. The number of fused-ring (bicyclic) bond motifs is 2. The largest absolute Gasteiger partial charge is 0.512 e. The number of alkyl halides is 3. The van der Waals surface area contributed by atoms with Crippen LogP contribution in [-0.2, 0) is 34.9 Å². The lowest BCUT2D eigenvalue weighted by Gasteiger charge is -2.20. The van der Waals surface area contributed by atoms with Crippen molar-refractivity contribution in [2.75, 3.05) is 18.4 Å². The van der Waals surface area contributed by atoms with E-state index in [1.54, 1.807) is 50.2 Å². The molecule has 2 aliphatic rings. The summed E-state index contributed by atoms with van der Waals surface area (Å²) in [5, 5.41) is 6.69. The summed E-state index contributed by atoms with van der Waals surface area (Å²) < 4.78 is 128. The normalized spacial score (nSPS) is 12.8. The zero-order valence-corrected chi connectivity index (χ0v) is 36.5. The molecule has 1 aliphatic heterocycles. The van der Waals surface area contributed by atoms with Crippen molar-refractivity contribution in [3.8, 4) is 22.5 Å². The van der Waals surface area contributed by atoms with Crippen LogP contribution in [-0.4, -0.2) is 49.8 Å². The van der Waals surface area contributed by atoms with Crippen molar-refractivity contribution in [2.24, 2.45) is 4.99 Å². The number of carbonyl (C=O) groups excluding carboxylic acids is 1. The van der Waals surface area contributed by atoms with Gasteiger partial charge < -0.3 is 15.1 Å². The van der Waals surface area contributed by atoms with Crippen LogP contribution in [0.4, 0.5) is 30.2 Å². The fourth-order valence-electron chi connectivity index (χ4n) is 7.02. The first kappa shape index (κ1) is 45.7. The van der Waals surface area contributed by atoms with Crippen LogP contribution in [0.1, 0.15) is 34.2 Å². The van der Waals surface area contributed by atoms with E-state index in [1.165, 1.54) is 30.3 Å². The van der Waals surface area contributed by atoms with Gasteiger partial charge in [-0.05, 0) is 112 Å². The Morgan fingerprint density at radius 1 is 0.774 bits per heavy atom. The molecule has 4 N–H and O–H groups in total. The number of rotatable bonds is 14. The van der Waals surface area contributed by atoms with Gasteiger partial charge in [0.25, 0.3) is 10.0 Å². The fourth-order valence-corrected chi connectivity index (χ4v) is 10.9. The topological polar surface area (TPSA) is 193 Å². The van der Waals surface area contributed by atoms with E-state index in [9.17, 15) is 43.2 Å². The van der Waals surface area contributed by atoms with E-state index in [-0.39, 0.29) is 46.4 Å². The highest BCUT2D eigenvalue weighted by molar-refractivity contribution is 8.05. The van der Waals surface area contributed by atoms with Gasteiger partial charge in [0.2, 0.25) is 15.9 Å². The third kappa shape index (κ3) is 9.76. The van der Waals surface area contributed by atoms with Crippen LogP contribution >= 0.6 is 0 Å². The summed E-state index contributed by atoms with van der Waals surface area (Å²) in [5.74, 6) is -0.148. The molecule has 62 heavy (non-hydrogen) atoms. The van der Waals surface area contributed by atoms with Gasteiger partial charge in [-0.1, -0.05) is 46.6 Å². The van der Waals surface area contributed by atoms with Crippen LogP contribution in [0.2, 0.25) is 0 Å². The Hall–Kier alpha value is -5.86. The Balaban J connectivity index is 1.47. The minimum atomic E-state index is -6.33. The molecule has 326 valence electrons. The van der Waals surface area contributed by atoms with E-state index in [2.05, 4.69) is 21.9 Å². The quantitative estimate of drug-likeness (QED) is 0.0479. The molecule has 1 aliphatic carbocycles. The zero-order valence-electron chi connectivity index (χ0n) is 34.1. The SMILES string of the molecule is C=CC(=O)NCCCNS(=O)(=O)c1cc(C)c(Nc2ccc3c(-c4ccccc4S(=O)(=O)NS(=O)(=O)C(F)(F)F)c4ccc(=Nc5c(C)cc(C)cc5C)cc-4oc3c2)c(C)c1. The third-order valence-electron chi connectivity index (χ3n) is 9.77. The number of anilines is 2. The molecule has 0 saturated heterocycles. The van der Waals surface area contributed by atoms with Gasteiger partial charge in [0.15, 0.2) is 0 Å². The molecule has 0 fully saturated rings. The first-order chi connectivity index (χ1) is 29.0. The molecular formula is C43H42F3N5O8S3. The van der Waals surface area contributed by atoms with Gasteiger partial charge in [-0.15, -0.1) is 0 Å². The van der Waals surface area contributed by atoms with Crippen LogP contribution < -0.4 is 24.8 Å². The molecule has 4 aromatic carbocycles. The summed E-state index contributed by atoms with van der Waals surface area (Å²) in [6.45, 7) is 13.0. The van der Waals surface area contributed by atoms with Gasteiger partial charge in [-0.2, -0.15) is 13.2 Å². The summed E-state index contributed by atoms with van der Waals surface area (Å²) in [4.78, 5) is 15.5. The second-order valence-electron chi connectivity index (χ2n) is 14.6. The predicted molar refractivity (Wildman–Crippen MR) is 232 cm³/mol. The molecule has 19 heteroatoms. The second kappa shape index (κ2) is 17.5. The molecule has 4 aromatic rings. The Morgan fingerprint density at radius 3 is 2.08 bits per heavy atom. The summed E-state index contributed by atoms with van der Waals surface area (Å²) in [6.07, 6.45) is 1.47. The molecule has 1 heterocycles. The van der Waals surface area contributed by atoms with Crippen molar-refractivity contribution in [1.29, 1.82) is 0 Å². The highest BCUT2D eigenvalue weighted by Gasteiger charge is 2.48. The minimum Gasteiger partial charge on any atom is -0.456 e. The van der Waals surface area contributed by atoms with E-state index < -0.39 is 40.5 Å². The smallest absolute Gasteiger partial charge is 0.456 e. The van der Waals surface area contributed by atoms with E-state index >= 15 is 0 Å². The van der Waals surface area contributed by atoms with Crippen LogP contribution in [0.25, 0.3) is 33.4 Å².